The van der Waals surface area contributed by atoms with Crippen LogP contribution in [0.5, 0.6) is 5.75 Å². The molecule has 1 heterocycles. The molecule has 2 aromatic carbocycles. The molecule has 0 fully saturated rings. The number of rotatable bonds is 8. The van der Waals surface area contributed by atoms with Gasteiger partial charge >= 0.3 is 0 Å². The van der Waals surface area contributed by atoms with E-state index in [0.717, 1.165) is 23.9 Å². The third kappa shape index (κ3) is 5.51. The van der Waals surface area contributed by atoms with Gasteiger partial charge in [-0.1, -0.05) is 31.6 Å². The number of halogens is 1. The summed E-state index contributed by atoms with van der Waals surface area (Å²) in [7, 11) is -2.11. The fraction of sp³-hybridized carbons (Fsp3) is 0.286. The number of hydrogen-bond acceptors (Lipinski definition) is 5. The van der Waals surface area contributed by atoms with Crippen LogP contribution < -0.4 is 10.1 Å². The van der Waals surface area contributed by atoms with Gasteiger partial charge in [0.1, 0.15) is 16.5 Å². The highest BCUT2D eigenvalue weighted by Gasteiger charge is 2.25. The van der Waals surface area contributed by atoms with Gasteiger partial charge in [0.25, 0.3) is 5.91 Å². The molecule has 1 amide bonds. The van der Waals surface area contributed by atoms with Crippen molar-refractivity contribution in [2.45, 2.75) is 44.0 Å². The van der Waals surface area contributed by atoms with Gasteiger partial charge in [-0.25, -0.2) is 17.5 Å². The average molecular weight is 524 g/mol. The molecule has 0 saturated carbocycles. The molecule has 1 atom stereocenters. The van der Waals surface area contributed by atoms with Crippen LogP contribution in [0.15, 0.2) is 65.2 Å². The molecule has 37 heavy (non-hydrogen) atoms. The highest BCUT2D eigenvalue weighted by molar-refractivity contribution is 7.90. The Balaban J connectivity index is 1.69. The number of fused-ring (bicyclic) bond motifs is 1. The van der Waals surface area contributed by atoms with Crippen LogP contribution in [0.25, 0.3) is 17.3 Å². The fourth-order valence-corrected chi connectivity index (χ4v) is 5.27. The van der Waals surface area contributed by atoms with Crippen molar-refractivity contribution < 1.29 is 22.3 Å². The third-order valence-corrected chi connectivity index (χ3v) is 7.60. The van der Waals surface area contributed by atoms with Gasteiger partial charge in [-0.05, 0) is 67.3 Å². The maximum absolute atomic E-state index is 13.6. The Morgan fingerprint density at radius 1 is 1.19 bits per heavy atom. The number of nitrogens with zero attached hydrogens (tertiary/aromatic N) is 2. The molecule has 1 aromatic heterocycles. The lowest BCUT2D eigenvalue weighted by atomic mass is 10.0. The van der Waals surface area contributed by atoms with E-state index in [2.05, 4.69) is 17.3 Å². The molecule has 4 rings (SSSR count). The third-order valence-electron chi connectivity index (χ3n) is 6.48. The molecule has 194 valence electrons. The van der Waals surface area contributed by atoms with E-state index < -0.39 is 15.9 Å². The van der Waals surface area contributed by atoms with Crippen molar-refractivity contribution in [1.29, 1.82) is 0 Å². The van der Waals surface area contributed by atoms with Gasteiger partial charge in [0.05, 0.1) is 30.7 Å². The molecular formula is C28H30FN3O4S. The zero-order valence-corrected chi connectivity index (χ0v) is 22.1. The van der Waals surface area contributed by atoms with Crippen LogP contribution >= 0.6 is 0 Å². The zero-order valence-electron chi connectivity index (χ0n) is 21.3. The molecular weight excluding hydrogens is 493 g/mol. The number of allylic oxidation sites excluding steroid dienone is 2. The molecule has 1 aliphatic rings. The van der Waals surface area contributed by atoms with Crippen LogP contribution in [-0.4, -0.2) is 37.5 Å². The quantitative estimate of drug-likeness (QED) is 0.434. The standard InChI is InChI=1S/C28H30FN3O4S/c1-5-18-7-13-22(23-17-30-32(25(23)15-18)21-11-9-20(29)10-12-21)28(33)31-24(6-2)19-8-14-26(36-3)27(16-19)37(4,34)35/h8-17,24H,5-7H2,1-4H3,(H,31,33). The Morgan fingerprint density at radius 3 is 2.54 bits per heavy atom. The summed E-state index contributed by atoms with van der Waals surface area (Å²) in [6.45, 7) is 3.98. The second-order valence-electron chi connectivity index (χ2n) is 8.93. The van der Waals surface area contributed by atoms with Gasteiger partial charge in [-0.2, -0.15) is 5.10 Å². The van der Waals surface area contributed by atoms with E-state index in [4.69, 9.17) is 4.74 Å². The fourth-order valence-electron chi connectivity index (χ4n) is 4.41. The SMILES string of the molecule is CCC1=Cc2c(cnn2-c2ccc(F)cc2)C(C(=O)NC(CC)c2ccc(OC)c(S(C)(=O)=O)c2)=CC1. The molecule has 0 bridgehead atoms. The molecule has 0 saturated heterocycles. The van der Waals surface area contributed by atoms with Crippen LogP contribution in [0.4, 0.5) is 4.39 Å². The van der Waals surface area contributed by atoms with E-state index in [9.17, 15) is 17.6 Å². The number of nitrogens with one attached hydrogen (secondary N) is 1. The Kier molecular flexibility index (Phi) is 7.63. The minimum absolute atomic E-state index is 0.0773. The Labute approximate surface area is 216 Å². The second-order valence-corrected chi connectivity index (χ2v) is 10.9. The first-order valence-corrected chi connectivity index (χ1v) is 14.0. The van der Waals surface area contributed by atoms with Gasteiger partial charge in [-0.15, -0.1) is 0 Å². The van der Waals surface area contributed by atoms with E-state index in [1.54, 1.807) is 41.2 Å². The molecule has 0 aliphatic heterocycles. The molecule has 3 aromatic rings. The van der Waals surface area contributed by atoms with Crippen LogP contribution in [0, 0.1) is 5.82 Å². The average Bonchev–Trinajstić information content (AvgIpc) is 3.19. The number of carbonyl (C=O) groups excluding carboxylic acids is 1. The van der Waals surface area contributed by atoms with Gasteiger partial charge in [0, 0.05) is 17.4 Å². The van der Waals surface area contributed by atoms with Crippen molar-refractivity contribution in [2.75, 3.05) is 13.4 Å². The molecule has 1 unspecified atom stereocenters. The van der Waals surface area contributed by atoms with Crippen molar-refractivity contribution in [3.63, 3.8) is 0 Å². The van der Waals surface area contributed by atoms with E-state index in [0.29, 0.717) is 35.2 Å². The summed E-state index contributed by atoms with van der Waals surface area (Å²) in [5, 5.41) is 7.58. The summed E-state index contributed by atoms with van der Waals surface area (Å²) in [6.07, 6.45) is 8.66. The lowest BCUT2D eigenvalue weighted by molar-refractivity contribution is -0.116. The van der Waals surface area contributed by atoms with Crippen molar-refractivity contribution in [2.24, 2.45) is 0 Å². The Bertz CT molecular complexity index is 1490. The van der Waals surface area contributed by atoms with Crippen molar-refractivity contribution in [3.8, 4) is 11.4 Å². The molecule has 1 N–H and O–H groups in total. The summed E-state index contributed by atoms with van der Waals surface area (Å²) < 4.78 is 45.0. The van der Waals surface area contributed by atoms with Crippen LogP contribution in [0.1, 0.15) is 56.0 Å². The van der Waals surface area contributed by atoms with Gasteiger partial charge < -0.3 is 10.1 Å². The maximum atomic E-state index is 13.6. The predicted octanol–water partition coefficient (Wildman–Crippen LogP) is 5.27. The number of hydrogen-bond donors (Lipinski definition) is 1. The summed E-state index contributed by atoms with van der Waals surface area (Å²) in [5.74, 6) is -0.362. The van der Waals surface area contributed by atoms with E-state index in [-0.39, 0.29) is 22.4 Å². The summed E-state index contributed by atoms with van der Waals surface area (Å²) in [5.41, 5.74) is 4.40. The lowest BCUT2D eigenvalue weighted by Gasteiger charge is -2.20. The van der Waals surface area contributed by atoms with Crippen LogP contribution in [0.3, 0.4) is 0 Å². The Hall–Kier alpha value is -3.72. The number of aromatic nitrogens is 2. The highest BCUT2D eigenvalue weighted by atomic mass is 32.2. The van der Waals surface area contributed by atoms with Crippen LogP contribution in [-0.2, 0) is 14.6 Å². The predicted molar refractivity (Wildman–Crippen MR) is 142 cm³/mol. The summed E-state index contributed by atoms with van der Waals surface area (Å²) in [6, 6.07) is 10.5. The summed E-state index contributed by atoms with van der Waals surface area (Å²) >= 11 is 0. The van der Waals surface area contributed by atoms with Crippen molar-refractivity contribution >= 4 is 27.4 Å². The monoisotopic (exact) mass is 523 g/mol. The highest BCUT2D eigenvalue weighted by Crippen LogP contribution is 2.32. The first-order chi connectivity index (χ1) is 17.7. The second kappa shape index (κ2) is 10.7. The maximum Gasteiger partial charge on any atom is 0.252 e. The van der Waals surface area contributed by atoms with E-state index in [1.807, 2.05) is 19.1 Å². The zero-order chi connectivity index (χ0) is 26.7. The Morgan fingerprint density at radius 2 is 1.92 bits per heavy atom. The number of benzene rings is 2. The number of sulfone groups is 1. The van der Waals surface area contributed by atoms with Gasteiger partial charge in [-0.3, -0.25) is 4.79 Å². The first-order valence-electron chi connectivity index (χ1n) is 12.1. The topological polar surface area (TPSA) is 90.3 Å². The van der Waals surface area contributed by atoms with E-state index >= 15 is 0 Å². The normalized spacial score (nSPS) is 14.2. The van der Waals surface area contributed by atoms with Gasteiger partial charge in [0.2, 0.25) is 0 Å². The minimum atomic E-state index is -3.53. The number of methoxy groups -OCH3 is 1. The smallest absolute Gasteiger partial charge is 0.252 e. The number of carbonyl (C=O) groups is 1. The minimum Gasteiger partial charge on any atom is -0.495 e. The molecule has 0 spiro atoms. The van der Waals surface area contributed by atoms with Crippen molar-refractivity contribution in [3.05, 3.63) is 82.9 Å². The molecule has 1 aliphatic carbocycles. The van der Waals surface area contributed by atoms with Gasteiger partial charge in [0.15, 0.2) is 9.84 Å². The lowest BCUT2D eigenvalue weighted by Crippen LogP contribution is -2.29. The van der Waals surface area contributed by atoms with Crippen LogP contribution in [0.2, 0.25) is 0 Å². The first kappa shape index (κ1) is 26.3. The molecule has 9 heteroatoms. The van der Waals surface area contributed by atoms with E-state index in [1.165, 1.54) is 19.2 Å². The molecule has 0 radical (unpaired) electrons. The molecule has 7 nitrogen and oxygen atoms in total. The number of amides is 1. The largest absolute Gasteiger partial charge is 0.495 e. The number of ether oxygens (including phenoxy) is 1. The summed E-state index contributed by atoms with van der Waals surface area (Å²) in [4.78, 5) is 13.7. The van der Waals surface area contributed by atoms with Crippen molar-refractivity contribution in [1.82, 2.24) is 15.1 Å².